The smallest absolute Gasteiger partial charge is 0.320 e. The van der Waals surface area contributed by atoms with Gasteiger partial charge in [-0.2, -0.15) is 0 Å². The zero-order chi connectivity index (χ0) is 23.2. The van der Waals surface area contributed by atoms with Crippen molar-refractivity contribution in [2.75, 3.05) is 25.5 Å². The molecule has 0 saturated carbocycles. The third kappa shape index (κ3) is 5.37. The summed E-state index contributed by atoms with van der Waals surface area (Å²) >= 11 is 0. The molecule has 1 saturated heterocycles. The number of para-hydroxylation sites is 1. The SMILES string of the molecule is CN(C)c1ccc(C(c2ccccc2OCc2ccccc2)N2CCCCC2C(=O)O)cc1. The van der Waals surface area contributed by atoms with Crippen LogP contribution in [0.15, 0.2) is 78.9 Å². The van der Waals surface area contributed by atoms with E-state index in [9.17, 15) is 9.90 Å². The van der Waals surface area contributed by atoms with E-state index < -0.39 is 12.0 Å². The first kappa shape index (κ1) is 22.9. The Balaban J connectivity index is 1.74. The number of carbonyl (C=O) groups is 1. The van der Waals surface area contributed by atoms with Crippen LogP contribution in [0, 0.1) is 0 Å². The van der Waals surface area contributed by atoms with E-state index in [0.717, 1.165) is 47.5 Å². The van der Waals surface area contributed by atoms with Crippen LogP contribution in [0.2, 0.25) is 0 Å². The van der Waals surface area contributed by atoms with Crippen LogP contribution in [0.5, 0.6) is 5.75 Å². The minimum Gasteiger partial charge on any atom is -0.489 e. The van der Waals surface area contributed by atoms with Crippen LogP contribution in [0.3, 0.4) is 0 Å². The van der Waals surface area contributed by atoms with Crippen LogP contribution in [0.4, 0.5) is 5.69 Å². The van der Waals surface area contributed by atoms with Crippen LogP contribution in [-0.4, -0.2) is 42.7 Å². The van der Waals surface area contributed by atoms with Gasteiger partial charge in [-0.3, -0.25) is 9.69 Å². The molecule has 5 heteroatoms. The summed E-state index contributed by atoms with van der Waals surface area (Å²) in [6, 6.07) is 25.8. The molecule has 1 heterocycles. The maximum atomic E-state index is 12.2. The number of ether oxygens (including phenoxy) is 1. The monoisotopic (exact) mass is 444 g/mol. The molecular formula is C28H32N2O3. The molecule has 1 aliphatic heterocycles. The maximum absolute atomic E-state index is 12.2. The molecule has 5 nitrogen and oxygen atoms in total. The molecule has 3 aromatic carbocycles. The van der Waals surface area contributed by atoms with Crippen molar-refractivity contribution in [2.45, 2.75) is 38.0 Å². The Morgan fingerprint density at radius 3 is 2.39 bits per heavy atom. The quantitative estimate of drug-likeness (QED) is 0.507. The van der Waals surface area contributed by atoms with Gasteiger partial charge in [0, 0.05) is 25.3 Å². The topological polar surface area (TPSA) is 53.0 Å². The highest BCUT2D eigenvalue weighted by Gasteiger charge is 2.36. The van der Waals surface area contributed by atoms with Gasteiger partial charge in [0.15, 0.2) is 0 Å². The molecule has 0 bridgehead atoms. The van der Waals surface area contributed by atoms with Crippen molar-refractivity contribution in [3.63, 3.8) is 0 Å². The first-order valence-corrected chi connectivity index (χ1v) is 11.6. The molecule has 3 aromatic rings. The number of benzene rings is 3. The van der Waals surface area contributed by atoms with Crippen molar-refractivity contribution in [3.05, 3.63) is 95.6 Å². The number of aliphatic carboxylic acids is 1. The van der Waals surface area contributed by atoms with Crippen LogP contribution in [-0.2, 0) is 11.4 Å². The normalized spacial score (nSPS) is 17.3. The highest BCUT2D eigenvalue weighted by Crippen LogP contribution is 2.39. The fourth-order valence-corrected chi connectivity index (χ4v) is 4.61. The third-order valence-corrected chi connectivity index (χ3v) is 6.34. The van der Waals surface area contributed by atoms with Gasteiger partial charge < -0.3 is 14.7 Å². The Bertz CT molecular complexity index is 1050. The lowest BCUT2D eigenvalue weighted by Crippen LogP contribution is -2.46. The molecule has 4 rings (SSSR count). The van der Waals surface area contributed by atoms with Gasteiger partial charge >= 0.3 is 5.97 Å². The second-order valence-electron chi connectivity index (χ2n) is 8.79. The van der Waals surface area contributed by atoms with E-state index in [4.69, 9.17) is 4.74 Å². The van der Waals surface area contributed by atoms with Gasteiger partial charge in [0.2, 0.25) is 0 Å². The molecule has 0 aliphatic carbocycles. The lowest BCUT2D eigenvalue weighted by atomic mass is 9.91. The summed E-state index contributed by atoms with van der Waals surface area (Å²) in [5.41, 5.74) is 4.28. The fourth-order valence-electron chi connectivity index (χ4n) is 4.61. The molecule has 172 valence electrons. The third-order valence-electron chi connectivity index (χ3n) is 6.34. The van der Waals surface area contributed by atoms with Gasteiger partial charge in [-0.05, 0) is 48.7 Å². The van der Waals surface area contributed by atoms with Crippen molar-refractivity contribution >= 4 is 11.7 Å². The van der Waals surface area contributed by atoms with Gasteiger partial charge in [0.1, 0.15) is 18.4 Å². The number of carboxylic acids is 1. The Morgan fingerprint density at radius 2 is 1.70 bits per heavy atom. The van der Waals surface area contributed by atoms with Crippen LogP contribution < -0.4 is 9.64 Å². The predicted octanol–water partition coefficient (Wildman–Crippen LogP) is 5.36. The Morgan fingerprint density at radius 1 is 1.00 bits per heavy atom. The molecule has 1 fully saturated rings. The molecule has 0 spiro atoms. The van der Waals surface area contributed by atoms with Gasteiger partial charge in [-0.15, -0.1) is 0 Å². The zero-order valence-electron chi connectivity index (χ0n) is 19.4. The highest BCUT2D eigenvalue weighted by molar-refractivity contribution is 5.74. The van der Waals surface area contributed by atoms with Crippen LogP contribution in [0.1, 0.15) is 42.0 Å². The van der Waals surface area contributed by atoms with E-state index in [2.05, 4.69) is 40.1 Å². The standard InChI is InChI=1S/C28H32N2O3/c1-29(2)23-17-15-22(16-18-23)27(30-19-9-8-13-25(30)28(31)32)24-12-6-7-14-26(24)33-20-21-10-4-3-5-11-21/h3-7,10-12,14-18,25,27H,8-9,13,19-20H2,1-2H3,(H,31,32). The molecular weight excluding hydrogens is 412 g/mol. The number of hydrogen-bond donors (Lipinski definition) is 1. The van der Waals surface area contributed by atoms with E-state index >= 15 is 0 Å². The maximum Gasteiger partial charge on any atom is 0.320 e. The average Bonchev–Trinajstić information content (AvgIpc) is 2.85. The number of rotatable bonds is 8. The second-order valence-corrected chi connectivity index (χ2v) is 8.79. The van der Waals surface area contributed by atoms with Crippen molar-refractivity contribution in [1.29, 1.82) is 0 Å². The van der Waals surface area contributed by atoms with E-state index in [-0.39, 0.29) is 6.04 Å². The summed E-state index contributed by atoms with van der Waals surface area (Å²) in [6.45, 7) is 1.20. The summed E-state index contributed by atoms with van der Waals surface area (Å²) in [5.74, 6) is 0.0325. The van der Waals surface area contributed by atoms with Crippen molar-refractivity contribution < 1.29 is 14.6 Å². The molecule has 0 aromatic heterocycles. The number of nitrogens with zero attached hydrogens (tertiary/aromatic N) is 2. The molecule has 2 unspecified atom stereocenters. The lowest BCUT2D eigenvalue weighted by molar-refractivity contribution is -0.145. The molecule has 2 atom stereocenters. The molecule has 1 N–H and O–H groups in total. The summed E-state index contributed by atoms with van der Waals surface area (Å²) in [4.78, 5) is 16.4. The van der Waals surface area contributed by atoms with Crippen LogP contribution in [0.25, 0.3) is 0 Å². The Kier molecular flexibility index (Phi) is 7.30. The van der Waals surface area contributed by atoms with Gasteiger partial charge in [-0.25, -0.2) is 0 Å². The van der Waals surface area contributed by atoms with Crippen LogP contribution >= 0.6 is 0 Å². The fraction of sp³-hybridized carbons (Fsp3) is 0.321. The average molecular weight is 445 g/mol. The zero-order valence-corrected chi connectivity index (χ0v) is 19.4. The summed E-state index contributed by atoms with van der Waals surface area (Å²) < 4.78 is 6.29. The van der Waals surface area contributed by atoms with Crippen molar-refractivity contribution in [1.82, 2.24) is 4.90 Å². The number of anilines is 1. The number of carboxylic acid groups (broad SMARTS) is 1. The molecule has 0 amide bonds. The second kappa shape index (κ2) is 10.5. The summed E-state index contributed by atoms with van der Waals surface area (Å²) in [6.07, 6.45) is 2.59. The van der Waals surface area contributed by atoms with Gasteiger partial charge in [-0.1, -0.05) is 67.1 Å². The lowest BCUT2D eigenvalue weighted by Gasteiger charge is -2.40. The number of hydrogen-bond acceptors (Lipinski definition) is 4. The number of piperidine rings is 1. The predicted molar refractivity (Wildman–Crippen MR) is 132 cm³/mol. The Hall–Kier alpha value is -3.31. The first-order chi connectivity index (χ1) is 16.0. The number of likely N-dealkylation sites (tertiary alicyclic amines) is 1. The summed E-state index contributed by atoms with van der Waals surface area (Å²) in [5, 5.41) is 10.0. The minimum atomic E-state index is -0.757. The molecule has 33 heavy (non-hydrogen) atoms. The first-order valence-electron chi connectivity index (χ1n) is 11.6. The Labute approximate surface area is 196 Å². The largest absolute Gasteiger partial charge is 0.489 e. The van der Waals surface area contributed by atoms with Crippen molar-refractivity contribution in [3.8, 4) is 5.75 Å². The van der Waals surface area contributed by atoms with E-state index in [1.807, 2.05) is 62.6 Å². The van der Waals surface area contributed by atoms with Gasteiger partial charge in [0.25, 0.3) is 0 Å². The van der Waals surface area contributed by atoms with Crippen molar-refractivity contribution in [2.24, 2.45) is 0 Å². The highest BCUT2D eigenvalue weighted by atomic mass is 16.5. The minimum absolute atomic E-state index is 0.199. The molecule has 1 aliphatic rings. The van der Waals surface area contributed by atoms with E-state index in [1.54, 1.807) is 0 Å². The summed E-state index contributed by atoms with van der Waals surface area (Å²) in [7, 11) is 4.04. The van der Waals surface area contributed by atoms with E-state index in [1.165, 1.54) is 0 Å². The van der Waals surface area contributed by atoms with Gasteiger partial charge in [0.05, 0.1) is 6.04 Å². The van der Waals surface area contributed by atoms with E-state index in [0.29, 0.717) is 13.0 Å². The molecule has 0 radical (unpaired) electrons.